The lowest BCUT2D eigenvalue weighted by Crippen LogP contribution is -2.34. The Morgan fingerprint density at radius 1 is 1.22 bits per heavy atom. The van der Waals surface area contributed by atoms with Gasteiger partial charge in [-0.3, -0.25) is 5.01 Å². The lowest BCUT2D eigenvalue weighted by molar-refractivity contribution is 0.0690. The SMILES string of the molecule is CCOC1CC[N]N1c1cccc2ccccc12. The lowest BCUT2D eigenvalue weighted by Gasteiger charge is -2.25. The van der Waals surface area contributed by atoms with Crippen LogP contribution in [0.4, 0.5) is 5.69 Å². The molecule has 0 N–H and O–H groups in total. The van der Waals surface area contributed by atoms with Crippen molar-refractivity contribution in [2.75, 3.05) is 18.2 Å². The highest BCUT2D eigenvalue weighted by Crippen LogP contribution is 2.30. The minimum Gasteiger partial charge on any atom is -0.357 e. The number of nitrogens with zero attached hydrogens (tertiary/aromatic N) is 2. The monoisotopic (exact) mass is 241 g/mol. The molecule has 93 valence electrons. The predicted octanol–water partition coefficient (Wildman–Crippen LogP) is 2.93. The number of ether oxygens (including phenoxy) is 1. The third-order valence-electron chi connectivity index (χ3n) is 3.27. The first kappa shape index (κ1) is 11.5. The molecule has 1 radical (unpaired) electrons. The van der Waals surface area contributed by atoms with Gasteiger partial charge in [0.2, 0.25) is 0 Å². The number of fused-ring (bicyclic) bond motifs is 1. The molecule has 3 rings (SSSR count). The van der Waals surface area contributed by atoms with Gasteiger partial charge in [0.1, 0.15) is 6.23 Å². The number of anilines is 1. The summed E-state index contributed by atoms with van der Waals surface area (Å²) in [5, 5.41) is 4.51. The van der Waals surface area contributed by atoms with E-state index in [0.717, 1.165) is 25.3 Å². The molecule has 3 heteroatoms. The number of benzene rings is 2. The molecule has 0 saturated carbocycles. The highest BCUT2D eigenvalue weighted by atomic mass is 16.5. The van der Waals surface area contributed by atoms with Crippen molar-refractivity contribution in [1.29, 1.82) is 0 Å². The van der Waals surface area contributed by atoms with Gasteiger partial charge in [-0.15, -0.1) is 5.43 Å². The molecule has 1 atom stereocenters. The van der Waals surface area contributed by atoms with Crippen molar-refractivity contribution in [3.63, 3.8) is 0 Å². The van der Waals surface area contributed by atoms with Crippen LogP contribution in [0.2, 0.25) is 0 Å². The smallest absolute Gasteiger partial charge is 0.147 e. The van der Waals surface area contributed by atoms with E-state index in [1.165, 1.54) is 10.8 Å². The normalized spacial score (nSPS) is 19.6. The second-order valence-corrected chi connectivity index (χ2v) is 4.41. The van der Waals surface area contributed by atoms with E-state index in [2.05, 4.69) is 47.9 Å². The van der Waals surface area contributed by atoms with Gasteiger partial charge in [0.15, 0.2) is 0 Å². The Morgan fingerprint density at radius 3 is 2.94 bits per heavy atom. The molecule has 0 bridgehead atoms. The maximum atomic E-state index is 5.75. The quantitative estimate of drug-likeness (QED) is 0.826. The summed E-state index contributed by atoms with van der Waals surface area (Å²) in [7, 11) is 0. The number of rotatable bonds is 3. The van der Waals surface area contributed by atoms with E-state index in [0.29, 0.717) is 0 Å². The van der Waals surface area contributed by atoms with Crippen LogP contribution in [0.15, 0.2) is 42.5 Å². The van der Waals surface area contributed by atoms with E-state index in [9.17, 15) is 0 Å². The Morgan fingerprint density at radius 2 is 2.06 bits per heavy atom. The molecule has 0 spiro atoms. The summed E-state index contributed by atoms with van der Waals surface area (Å²) in [6, 6.07) is 14.7. The minimum atomic E-state index is 0.0841. The van der Waals surface area contributed by atoms with Crippen molar-refractivity contribution >= 4 is 16.5 Å². The first-order valence-corrected chi connectivity index (χ1v) is 6.46. The summed E-state index contributed by atoms with van der Waals surface area (Å²) in [6.45, 7) is 3.59. The zero-order valence-electron chi connectivity index (χ0n) is 10.5. The van der Waals surface area contributed by atoms with E-state index in [1.54, 1.807) is 0 Å². The van der Waals surface area contributed by atoms with Gasteiger partial charge in [0, 0.05) is 25.0 Å². The van der Waals surface area contributed by atoms with Crippen LogP contribution in [0.25, 0.3) is 10.8 Å². The molecule has 0 aliphatic carbocycles. The molecule has 18 heavy (non-hydrogen) atoms. The molecular weight excluding hydrogens is 224 g/mol. The largest absolute Gasteiger partial charge is 0.357 e. The van der Waals surface area contributed by atoms with E-state index in [1.807, 2.05) is 11.9 Å². The predicted molar refractivity (Wildman–Crippen MR) is 73.5 cm³/mol. The highest BCUT2D eigenvalue weighted by Gasteiger charge is 2.27. The topological polar surface area (TPSA) is 26.6 Å². The maximum absolute atomic E-state index is 5.75. The average molecular weight is 241 g/mol. The molecule has 1 saturated heterocycles. The van der Waals surface area contributed by atoms with Gasteiger partial charge >= 0.3 is 0 Å². The summed E-state index contributed by atoms with van der Waals surface area (Å²) >= 11 is 0. The zero-order valence-corrected chi connectivity index (χ0v) is 10.5. The molecule has 1 aliphatic rings. The van der Waals surface area contributed by atoms with E-state index in [-0.39, 0.29) is 6.23 Å². The van der Waals surface area contributed by atoms with Crippen molar-refractivity contribution in [2.24, 2.45) is 0 Å². The van der Waals surface area contributed by atoms with Gasteiger partial charge in [-0.2, -0.15) is 0 Å². The van der Waals surface area contributed by atoms with Gasteiger partial charge < -0.3 is 4.74 Å². The Labute approximate surface area is 107 Å². The Bertz CT molecular complexity index is 536. The molecule has 1 aliphatic heterocycles. The Hall–Kier alpha value is -1.58. The molecular formula is C15H17N2O. The molecule has 3 nitrogen and oxygen atoms in total. The van der Waals surface area contributed by atoms with E-state index < -0.39 is 0 Å². The van der Waals surface area contributed by atoms with Crippen molar-refractivity contribution in [3.05, 3.63) is 42.5 Å². The van der Waals surface area contributed by atoms with Crippen molar-refractivity contribution < 1.29 is 4.74 Å². The van der Waals surface area contributed by atoms with Crippen LogP contribution in [0.3, 0.4) is 0 Å². The van der Waals surface area contributed by atoms with Crippen molar-refractivity contribution in [1.82, 2.24) is 5.43 Å². The number of hydrogen-bond donors (Lipinski definition) is 0. The molecule has 1 unspecified atom stereocenters. The van der Waals surface area contributed by atoms with Crippen LogP contribution < -0.4 is 10.4 Å². The summed E-state index contributed by atoms with van der Waals surface area (Å²) in [5.41, 5.74) is 5.71. The van der Waals surface area contributed by atoms with Crippen LogP contribution in [0, 0.1) is 0 Å². The van der Waals surface area contributed by atoms with E-state index >= 15 is 0 Å². The second-order valence-electron chi connectivity index (χ2n) is 4.41. The fourth-order valence-corrected chi connectivity index (χ4v) is 2.47. The minimum absolute atomic E-state index is 0.0841. The van der Waals surface area contributed by atoms with Crippen LogP contribution in [0.5, 0.6) is 0 Å². The van der Waals surface area contributed by atoms with Crippen LogP contribution in [-0.4, -0.2) is 19.4 Å². The summed E-state index contributed by atoms with van der Waals surface area (Å²) in [6.07, 6.45) is 1.05. The molecule has 0 aromatic heterocycles. The molecule has 1 heterocycles. The average Bonchev–Trinajstić information content (AvgIpc) is 2.87. The van der Waals surface area contributed by atoms with Gasteiger partial charge in [0.25, 0.3) is 0 Å². The standard InChI is InChI=1S/C15H17N2O/c1-2-18-15-10-11-16-17(15)14-9-5-7-12-6-3-4-8-13(12)14/h3-9,15H,2,10-11H2,1H3. The van der Waals surface area contributed by atoms with Crippen LogP contribution in [0.1, 0.15) is 13.3 Å². The fraction of sp³-hybridized carbons (Fsp3) is 0.333. The van der Waals surface area contributed by atoms with Crippen LogP contribution in [-0.2, 0) is 4.74 Å². The summed E-state index contributed by atoms with van der Waals surface area (Å²) in [5.74, 6) is 0. The van der Waals surface area contributed by atoms with Gasteiger partial charge in [0.05, 0.1) is 5.69 Å². The van der Waals surface area contributed by atoms with Gasteiger partial charge in [-0.05, 0) is 18.4 Å². The van der Waals surface area contributed by atoms with Gasteiger partial charge in [-0.1, -0.05) is 36.4 Å². The third-order valence-corrected chi connectivity index (χ3v) is 3.27. The Kier molecular flexibility index (Phi) is 3.17. The third kappa shape index (κ3) is 1.96. The Balaban J connectivity index is 2.03. The zero-order chi connectivity index (χ0) is 12.4. The number of hydrogen-bond acceptors (Lipinski definition) is 2. The molecule has 2 aromatic carbocycles. The molecule has 0 amide bonds. The first-order chi connectivity index (χ1) is 8.90. The summed E-state index contributed by atoms with van der Waals surface area (Å²) < 4.78 is 5.75. The molecule has 1 fully saturated rings. The first-order valence-electron chi connectivity index (χ1n) is 6.46. The van der Waals surface area contributed by atoms with Crippen LogP contribution >= 0.6 is 0 Å². The van der Waals surface area contributed by atoms with Gasteiger partial charge in [-0.25, -0.2) is 0 Å². The molecule has 2 aromatic rings. The summed E-state index contributed by atoms with van der Waals surface area (Å²) in [4.78, 5) is 0. The van der Waals surface area contributed by atoms with Crippen molar-refractivity contribution in [3.8, 4) is 0 Å². The van der Waals surface area contributed by atoms with Crippen molar-refractivity contribution in [2.45, 2.75) is 19.6 Å². The second kappa shape index (κ2) is 4.96. The highest BCUT2D eigenvalue weighted by molar-refractivity contribution is 5.94. The van der Waals surface area contributed by atoms with E-state index in [4.69, 9.17) is 4.74 Å². The fourth-order valence-electron chi connectivity index (χ4n) is 2.47. The lowest BCUT2D eigenvalue weighted by atomic mass is 10.1. The maximum Gasteiger partial charge on any atom is 0.147 e.